The third-order valence-corrected chi connectivity index (χ3v) is 4.72. The molecular weight excluding hydrogens is 216 g/mol. The zero-order valence-electron chi connectivity index (χ0n) is 10.9. The molecule has 0 amide bonds. The van der Waals surface area contributed by atoms with Crippen molar-refractivity contribution in [1.82, 2.24) is 4.90 Å². The number of rotatable bonds is 2. The zero-order chi connectivity index (χ0) is 12.6. The maximum atomic E-state index is 11.2. The lowest BCUT2D eigenvalue weighted by molar-refractivity contribution is -0.145. The number of nitrogens with zero attached hydrogens (tertiary/aromatic N) is 1. The SMILES string of the molecule is CC1CN(C2CCCC(N)(C(=O)O)C2)CC1C. The van der Waals surface area contributed by atoms with Crippen LogP contribution in [0.4, 0.5) is 0 Å². The smallest absolute Gasteiger partial charge is 0.323 e. The number of carboxylic acid groups (broad SMARTS) is 1. The van der Waals surface area contributed by atoms with Gasteiger partial charge in [0, 0.05) is 19.1 Å². The summed E-state index contributed by atoms with van der Waals surface area (Å²) in [5.41, 5.74) is 5.01. The molecule has 1 aliphatic carbocycles. The van der Waals surface area contributed by atoms with Gasteiger partial charge < -0.3 is 10.8 Å². The highest BCUT2D eigenvalue weighted by atomic mass is 16.4. The summed E-state index contributed by atoms with van der Waals surface area (Å²) in [6.07, 6.45) is 3.28. The van der Waals surface area contributed by atoms with E-state index < -0.39 is 11.5 Å². The third kappa shape index (κ3) is 2.47. The summed E-state index contributed by atoms with van der Waals surface area (Å²) in [5, 5.41) is 9.22. The summed E-state index contributed by atoms with van der Waals surface area (Å²) in [7, 11) is 0. The Morgan fingerprint density at radius 3 is 2.47 bits per heavy atom. The van der Waals surface area contributed by atoms with E-state index in [0.29, 0.717) is 30.7 Å². The Labute approximate surface area is 103 Å². The first-order valence-corrected chi connectivity index (χ1v) is 6.69. The monoisotopic (exact) mass is 240 g/mol. The summed E-state index contributed by atoms with van der Waals surface area (Å²) in [4.78, 5) is 13.7. The van der Waals surface area contributed by atoms with Crippen molar-refractivity contribution in [1.29, 1.82) is 0 Å². The molecular formula is C13H24N2O2. The molecule has 0 spiro atoms. The van der Waals surface area contributed by atoms with E-state index in [4.69, 9.17) is 5.73 Å². The molecule has 4 heteroatoms. The first-order chi connectivity index (χ1) is 7.92. The van der Waals surface area contributed by atoms with Gasteiger partial charge in [0.15, 0.2) is 0 Å². The summed E-state index contributed by atoms with van der Waals surface area (Å²) < 4.78 is 0. The molecule has 1 saturated carbocycles. The van der Waals surface area contributed by atoms with Gasteiger partial charge in [-0.2, -0.15) is 0 Å². The van der Waals surface area contributed by atoms with E-state index in [0.717, 1.165) is 25.9 Å². The van der Waals surface area contributed by atoms with Gasteiger partial charge in [0.1, 0.15) is 5.54 Å². The van der Waals surface area contributed by atoms with Crippen LogP contribution in [0.2, 0.25) is 0 Å². The number of hydrogen-bond donors (Lipinski definition) is 2. The van der Waals surface area contributed by atoms with E-state index in [1.165, 1.54) is 0 Å². The zero-order valence-corrected chi connectivity index (χ0v) is 10.9. The predicted molar refractivity (Wildman–Crippen MR) is 66.7 cm³/mol. The molecule has 1 saturated heterocycles. The molecule has 4 atom stereocenters. The van der Waals surface area contributed by atoms with Gasteiger partial charge in [0.25, 0.3) is 0 Å². The van der Waals surface area contributed by atoms with Gasteiger partial charge in [-0.1, -0.05) is 13.8 Å². The molecule has 0 aromatic carbocycles. The summed E-state index contributed by atoms with van der Waals surface area (Å²) in [5.74, 6) is 0.602. The van der Waals surface area contributed by atoms with Crippen LogP contribution in [0.25, 0.3) is 0 Å². The lowest BCUT2D eigenvalue weighted by Gasteiger charge is -2.39. The highest BCUT2D eigenvalue weighted by molar-refractivity contribution is 5.78. The van der Waals surface area contributed by atoms with Crippen molar-refractivity contribution in [3.8, 4) is 0 Å². The Kier molecular flexibility index (Phi) is 3.46. The molecule has 1 aliphatic heterocycles. The van der Waals surface area contributed by atoms with Crippen LogP contribution in [0.5, 0.6) is 0 Å². The highest BCUT2D eigenvalue weighted by Gasteiger charge is 2.42. The second kappa shape index (κ2) is 4.58. The van der Waals surface area contributed by atoms with Crippen molar-refractivity contribution in [3.63, 3.8) is 0 Å². The first kappa shape index (κ1) is 12.8. The third-order valence-electron chi connectivity index (χ3n) is 4.72. The predicted octanol–water partition coefficient (Wildman–Crippen LogP) is 1.30. The van der Waals surface area contributed by atoms with Crippen molar-refractivity contribution in [2.75, 3.05) is 13.1 Å². The lowest BCUT2D eigenvalue weighted by Crippen LogP contribution is -2.55. The Morgan fingerprint density at radius 1 is 1.35 bits per heavy atom. The maximum Gasteiger partial charge on any atom is 0.323 e. The number of carbonyl (C=O) groups is 1. The molecule has 3 N–H and O–H groups in total. The van der Waals surface area contributed by atoms with E-state index >= 15 is 0 Å². The first-order valence-electron chi connectivity index (χ1n) is 6.69. The number of aliphatic carboxylic acids is 1. The van der Waals surface area contributed by atoms with E-state index in [-0.39, 0.29) is 0 Å². The van der Waals surface area contributed by atoms with E-state index in [1.807, 2.05) is 0 Å². The Balaban J connectivity index is 2.01. The minimum atomic E-state index is -0.988. The Bertz CT molecular complexity index is 298. The molecule has 98 valence electrons. The molecule has 0 aromatic rings. The van der Waals surface area contributed by atoms with Gasteiger partial charge in [0.05, 0.1) is 0 Å². The van der Waals surface area contributed by atoms with Gasteiger partial charge in [0.2, 0.25) is 0 Å². The second-order valence-electron chi connectivity index (χ2n) is 6.12. The van der Waals surface area contributed by atoms with Crippen molar-refractivity contribution in [2.45, 2.75) is 51.1 Å². The van der Waals surface area contributed by atoms with Crippen LogP contribution in [-0.2, 0) is 4.79 Å². The summed E-state index contributed by atoms with van der Waals surface area (Å²) >= 11 is 0. The van der Waals surface area contributed by atoms with Crippen LogP contribution < -0.4 is 5.73 Å². The Hall–Kier alpha value is -0.610. The average molecular weight is 240 g/mol. The van der Waals surface area contributed by atoms with Crippen molar-refractivity contribution >= 4 is 5.97 Å². The van der Waals surface area contributed by atoms with Gasteiger partial charge >= 0.3 is 5.97 Å². The molecule has 4 nitrogen and oxygen atoms in total. The molecule has 2 rings (SSSR count). The Morgan fingerprint density at radius 2 is 1.94 bits per heavy atom. The second-order valence-corrected chi connectivity index (χ2v) is 6.12. The number of hydrogen-bond acceptors (Lipinski definition) is 3. The fourth-order valence-electron chi connectivity index (χ4n) is 3.26. The molecule has 2 fully saturated rings. The molecule has 1 heterocycles. The molecule has 4 unspecified atom stereocenters. The number of nitrogens with two attached hydrogens (primary N) is 1. The average Bonchev–Trinajstić information content (AvgIpc) is 2.59. The fourth-order valence-corrected chi connectivity index (χ4v) is 3.26. The topological polar surface area (TPSA) is 66.6 Å². The highest BCUT2D eigenvalue weighted by Crippen LogP contribution is 2.34. The molecule has 17 heavy (non-hydrogen) atoms. The van der Waals surface area contributed by atoms with Crippen molar-refractivity contribution < 1.29 is 9.90 Å². The van der Waals surface area contributed by atoms with Gasteiger partial charge in [-0.15, -0.1) is 0 Å². The normalized spacial score (nSPS) is 43.8. The largest absolute Gasteiger partial charge is 0.480 e. The van der Waals surface area contributed by atoms with Gasteiger partial charge in [-0.25, -0.2) is 0 Å². The molecule has 0 bridgehead atoms. The molecule has 0 aromatic heterocycles. The van der Waals surface area contributed by atoms with Crippen LogP contribution in [0.3, 0.4) is 0 Å². The van der Waals surface area contributed by atoms with Crippen LogP contribution in [0.1, 0.15) is 39.5 Å². The molecule has 0 radical (unpaired) electrons. The number of likely N-dealkylation sites (tertiary alicyclic amines) is 1. The van der Waals surface area contributed by atoms with Crippen molar-refractivity contribution in [2.24, 2.45) is 17.6 Å². The standard InChI is InChI=1S/C13H24N2O2/c1-9-7-15(8-10(9)2)11-4-3-5-13(14,6-11)12(16)17/h9-11H,3-8,14H2,1-2H3,(H,16,17). The van der Waals surface area contributed by atoms with E-state index in [2.05, 4.69) is 18.7 Å². The van der Waals surface area contributed by atoms with Gasteiger partial charge in [-0.05, 0) is 37.5 Å². The minimum Gasteiger partial charge on any atom is -0.480 e. The van der Waals surface area contributed by atoms with E-state index in [9.17, 15) is 9.90 Å². The van der Waals surface area contributed by atoms with Crippen molar-refractivity contribution in [3.05, 3.63) is 0 Å². The fraction of sp³-hybridized carbons (Fsp3) is 0.923. The van der Waals surface area contributed by atoms with Crippen LogP contribution in [-0.4, -0.2) is 40.6 Å². The summed E-state index contributed by atoms with van der Waals surface area (Å²) in [6.45, 7) is 6.75. The maximum absolute atomic E-state index is 11.2. The van der Waals surface area contributed by atoms with Crippen LogP contribution in [0, 0.1) is 11.8 Å². The number of carboxylic acids is 1. The minimum absolute atomic E-state index is 0.372. The quantitative estimate of drug-likeness (QED) is 0.763. The lowest BCUT2D eigenvalue weighted by atomic mass is 9.79. The van der Waals surface area contributed by atoms with E-state index in [1.54, 1.807) is 0 Å². The van der Waals surface area contributed by atoms with Crippen LogP contribution in [0.15, 0.2) is 0 Å². The molecule has 2 aliphatic rings. The van der Waals surface area contributed by atoms with Crippen LogP contribution >= 0.6 is 0 Å². The summed E-state index contributed by atoms with van der Waals surface area (Å²) in [6, 6.07) is 0.372. The van der Waals surface area contributed by atoms with Gasteiger partial charge in [-0.3, -0.25) is 9.69 Å².